The Morgan fingerprint density at radius 1 is 1.13 bits per heavy atom. The van der Waals surface area contributed by atoms with Crippen LogP contribution in [0.2, 0.25) is 0 Å². The molecule has 0 spiro atoms. The molecule has 1 heterocycles. The topological polar surface area (TPSA) is 87.7 Å². The largest absolute Gasteiger partial charge is 0.454 e. The van der Waals surface area contributed by atoms with E-state index >= 15 is 0 Å². The summed E-state index contributed by atoms with van der Waals surface area (Å²) in [5.74, 6) is -1.88. The zero-order valence-corrected chi connectivity index (χ0v) is 17.3. The van der Waals surface area contributed by atoms with Crippen molar-refractivity contribution in [3.05, 3.63) is 65.9 Å². The van der Waals surface area contributed by atoms with Crippen molar-refractivity contribution >= 4 is 21.5 Å². The van der Waals surface area contributed by atoms with Gasteiger partial charge in [-0.25, -0.2) is 17.2 Å². The number of benzene rings is 2. The molecule has 0 aliphatic carbocycles. The van der Waals surface area contributed by atoms with Gasteiger partial charge in [0.2, 0.25) is 10.0 Å². The summed E-state index contributed by atoms with van der Waals surface area (Å²) in [5, 5.41) is 2.89. The molecule has 0 radical (unpaired) electrons. The smallest absolute Gasteiger partial charge is 0.229 e. The predicted molar refractivity (Wildman–Crippen MR) is 109 cm³/mol. The number of likely N-dealkylation sites (N-methyl/N-ethyl adjacent to an activating group) is 2. The van der Waals surface area contributed by atoms with Crippen LogP contribution in [-0.2, 0) is 14.8 Å². The molecule has 7 nitrogen and oxygen atoms in total. The van der Waals surface area contributed by atoms with Crippen LogP contribution in [0.4, 0.5) is 14.5 Å². The summed E-state index contributed by atoms with van der Waals surface area (Å²) in [6.45, 7) is 0. The van der Waals surface area contributed by atoms with Gasteiger partial charge in [0.1, 0.15) is 17.6 Å². The number of ketones is 1. The predicted octanol–water partition coefficient (Wildman–Crippen LogP) is 2.79. The first-order chi connectivity index (χ1) is 14.1. The lowest BCUT2D eigenvalue weighted by Crippen LogP contribution is -2.44. The Labute approximate surface area is 173 Å². The molecule has 2 unspecified atom stereocenters. The van der Waals surface area contributed by atoms with Gasteiger partial charge in [-0.15, -0.1) is 0 Å². The summed E-state index contributed by atoms with van der Waals surface area (Å²) in [5.41, 5.74) is 0.525. The van der Waals surface area contributed by atoms with Gasteiger partial charge in [-0.1, -0.05) is 0 Å². The number of ether oxygens (including phenoxy) is 1. The quantitative estimate of drug-likeness (QED) is 0.723. The summed E-state index contributed by atoms with van der Waals surface area (Å²) in [6.07, 6.45) is 4.40. The minimum atomic E-state index is -3.63. The van der Waals surface area contributed by atoms with Crippen molar-refractivity contribution < 1.29 is 26.7 Å². The average molecular weight is 437 g/mol. The molecule has 0 aromatic heterocycles. The summed E-state index contributed by atoms with van der Waals surface area (Å²) < 4.78 is 58.7. The Hall–Kier alpha value is -2.98. The lowest BCUT2D eigenvalue weighted by molar-refractivity contribution is -0.124. The SMILES string of the molecule is CNC1C=CN(C)C(c2cc(Oc3ccc(F)cc3F)ccc2NS(C)(=O)=O)C1=O. The minimum absolute atomic E-state index is 0.159. The van der Waals surface area contributed by atoms with E-state index in [0.29, 0.717) is 11.6 Å². The van der Waals surface area contributed by atoms with Gasteiger partial charge in [0.05, 0.1) is 18.0 Å². The monoisotopic (exact) mass is 437 g/mol. The number of sulfonamides is 1. The number of hydrogen-bond acceptors (Lipinski definition) is 6. The van der Waals surface area contributed by atoms with Crippen LogP contribution in [-0.4, -0.2) is 45.5 Å². The molecule has 3 rings (SSSR count). The van der Waals surface area contributed by atoms with Crippen molar-refractivity contribution in [2.45, 2.75) is 12.1 Å². The maximum Gasteiger partial charge on any atom is 0.229 e. The molecular weight excluding hydrogens is 416 g/mol. The average Bonchev–Trinajstić information content (AvgIpc) is 2.65. The number of halogens is 2. The maximum atomic E-state index is 14.0. The van der Waals surface area contributed by atoms with Gasteiger partial charge in [-0.2, -0.15) is 0 Å². The fourth-order valence-corrected chi connectivity index (χ4v) is 3.78. The molecule has 30 heavy (non-hydrogen) atoms. The molecule has 0 saturated carbocycles. The van der Waals surface area contributed by atoms with E-state index < -0.39 is 33.7 Å². The number of Topliss-reactive ketones (excluding diaryl/α,β-unsaturated/α-hetero) is 1. The molecule has 160 valence electrons. The Bertz CT molecular complexity index is 1110. The van der Waals surface area contributed by atoms with Gasteiger partial charge >= 0.3 is 0 Å². The molecule has 0 fully saturated rings. The molecule has 2 aromatic rings. The standard InChI is InChI=1S/C20H21F2N3O4S/c1-23-17-8-9-25(2)19(20(17)26)14-11-13(5-6-16(14)24-30(3,27)28)29-18-7-4-12(21)10-15(18)22/h4-11,17,19,23-24H,1-3H3. The Balaban J connectivity index is 2.07. The van der Waals surface area contributed by atoms with E-state index in [9.17, 15) is 22.0 Å². The molecule has 0 bridgehead atoms. The van der Waals surface area contributed by atoms with Gasteiger partial charge in [-0.05, 0) is 49.7 Å². The summed E-state index contributed by atoms with van der Waals surface area (Å²) in [4.78, 5) is 14.6. The summed E-state index contributed by atoms with van der Waals surface area (Å²) in [6, 6.07) is 5.83. The molecule has 2 aromatic carbocycles. The highest BCUT2D eigenvalue weighted by molar-refractivity contribution is 7.92. The van der Waals surface area contributed by atoms with Crippen LogP contribution in [0.15, 0.2) is 48.7 Å². The molecule has 2 atom stereocenters. The number of hydrogen-bond donors (Lipinski definition) is 2. The number of carbonyl (C=O) groups is 1. The molecule has 2 N–H and O–H groups in total. The van der Waals surface area contributed by atoms with Gasteiger partial charge < -0.3 is 15.0 Å². The van der Waals surface area contributed by atoms with Crippen molar-refractivity contribution in [1.82, 2.24) is 10.2 Å². The zero-order chi connectivity index (χ0) is 22.1. The third kappa shape index (κ3) is 4.77. The van der Waals surface area contributed by atoms with Crippen LogP contribution in [0.3, 0.4) is 0 Å². The molecule has 10 heteroatoms. The highest BCUT2D eigenvalue weighted by Gasteiger charge is 2.34. The Morgan fingerprint density at radius 3 is 2.50 bits per heavy atom. The lowest BCUT2D eigenvalue weighted by atomic mass is 9.93. The number of nitrogens with zero attached hydrogens (tertiary/aromatic N) is 1. The van der Waals surface area contributed by atoms with E-state index in [1.165, 1.54) is 18.2 Å². The van der Waals surface area contributed by atoms with Gasteiger partial charge in [0.25, 0.3) is 0 Å². The lowest BCUT2D eigenvalue weighted by Gasteiger charge is -2.33. The second-order valence-corrected chi connectivity index (χ2v) is 8.63. The van der Waals surface area contributed by atoms with Crippen LogP contribution in [0, 0.1) is 11.6 Å². The maximum absolute atomic E-state index is 14.0. The first-order valence-corrected chi connectivity index (χ1v) is 10.8. The van der Waals surface area contributed by atoms with E-state index in [-0.39, 0.29) is 23.0 Å². The zero-order valence-electron chi connectivity index (χ0n) is 16.5. The van der Waals surface area contributed by atoms with Crippen LogP contribution < -0.4 is 14.8 Å². The van der Waals surface area contributed by atoms with Gasteiger partial charge in [0.15, 0.2) is 17.3 Å². The molecule has 0 saturated heterocycles. The second kappa shape index (κ2) is 8.41. The van der Waals surface area contributed by atoms with E-state index in [0.717, 1.165) is 18.4 Å². The normalized spacial score (nSPS) is 19.1. The summed E-state index contributed by atoms with van der Waals surface area (Å²) >= 11 is 0. The van der Waals surface area contributed by atoms with Crippen LogP contribution in [0.5, 0.6) is 11.5 Å². The van der Waals surface area contributed by atoms with E-state index in [1.54, 1.807) is 31.3 Å². The third-order valence-electron chi connectivity index (χ3n) is 4.54. The number of carbonyl (C=O) groups excluding carboxylic acids is 1. The highest BCUT2D eigenvalue weighted by atomic mass is 32.2. The van der Waals surface area contributed by atoms with E-state index in [1.807, 2.05) is 0 Å². The van der Waals surface area contributed by atoms with Crippen LogP contribution in [0.25, 0.3) is 0 Å². The second-order valence-electron chi connectivity index (χ2n) is 6.88. The van der Waals surface area contributed by atoms with E-state index in [4.69, 9.17) is 4.74 Å². The molecule has 0 amide bonds. The Morgan fingerprint density at radius 2 is 1.87 bits per heavy atom. The van der Waals surface area contributed by atoms with Crippen molar-refractivity contribution in [3.63, 3.8) is 0 Å². The van der Waals surface area contributed by atoms with Crippen molar-refractivity contribution in [2.24, 2.45) is 0 Å². The third-order valence-corrected chi connectivity index (χ3v) is 5.13. The van der Waals surface area contributed by atoms with Crippen molar-refractivity contribution in [3.8, 4) is 11.5 Å². The fraction of sp³-hybridized carbons (Fsp3) is 0.250. The van der Waals surface area contributed by atoms with Crippen molar-refractivity contribution in [2.75, 3.05) is 25.1 Å². The first kappa shape index (κ1) is 21.7. The minimum Gasteiger partial charge on any atom is -0.454 e. The van der Waals surface area contributed by atoms with Crippen LogP contribution >= 0.6 is 0 Å². The van der Waals surface area contributed by atoms with Gasteiger partial charge in [0, 0.05) is 18.7 Å². The first-order valence-electron chi connectivity index (χ1n) is 8.95. The molecular formula is C20H21F2N3O4S. The van der Waals surface area contributed by atoms with Gasteiger partial charge in [-0.3, -0.25) is 9.52 Å². The Kier molecular flexibility index (Phi) is 6.09. The number of anilines is 1. The number of rotatable bonds is 6. The highest BCUT2D eigenvalue weighted by Crippen LogP contribution is 2.36. The van der Waals surface area contributed by atoms with Crippen LogP contribution in [0.1, 0.15) is 11.6 Å². The number of nitrogens with one attached hydrogen (secondary N) is 2. The summed E-state index contributed by atoms with van der Waals surface area (Å²) in [7, 11) is -0.308. The van der Waals surface area contributed by atoms with Crippen molar-refractivity contribution in [1.29, 1.82) is 0 Å². The van der Waals surface area contributed by atoms with E-state index in [2.05, 4.69) is 10.0 Å². The molecule has 1 aliphatic rings. The fourth-order valence-electron chi connectivity index (χ4n) is 3.19. The molecule has 1 aliphatic heterocycles.